The van der Waals surface area contributed by atoms with Crippen molar-refractivity contribution in [2.75, 3.05) is 5.75 Å². The Morgan fingerprint density at radius 3 is 3.11 bits per heavy atom. The molecule has 0 aromatic heterocycles. The molecule has 0 spiro atoms. The lowest BCUT2D eigenvalue weighted by Gasteiger charge is -2.31. The number of para-hydroxylation sites is 1. The van der Waals surface area contributed by atoms with Gasteiger partial charge in [-0.05, 0) is 31.9 Å². The summed E-state index contributed by atoms with van der Waals surface area (Å²) in [5.74, 6) is 7.54. The van der Waals surface area contributed by atoms with Crippen molar-refractivity contribution in [2.24, 2.45) is 5.84 Å². The fourth-order valence-corrected chi connectivity index (χ4v) is 3.09. The molecule has 2 atom stereocenters. The zero-order valence-corrected chi connectivity index (χ0v) is 11.5. The van der Waals surface area contributed by atoms with Gasteiger partial charge in [-0.25, -0.2) is 0 Å². The van der Waals surface area contributed by atoms with Gasteiger partial charge < -0.3 is 4.74 Å². The summed E-state index contributed by atoms with van der Waals surface area (Å²) in [4.78, 5) is 1.21. The van der Waals surface area contributed by atoms with Crippen LogP contribution < -0.4 is 16.0 Å². The Kier molecular flexibility index (Phi) is 4.69. The number of thioether (sulfide) groups is 1. The van der Waals surface area contributed by atoms with Crippen LogP contribution in [0.1, 0.15) is 19.8 Å². The van der Waals surface area contributed by atoms with Gasteiger partial charge in [-0.15, -0.1) is 18.3 Å². The van der Waals surface area contributed by atoms with Crippen LogP contribution in [-0.2, 0) is 0 Å². The Labute approximate surface area is 113 Å². The number of rotatable bonds is 5. The van der Waals surface area contributed by atoms with Gasteiger partial charge in [0.05, 0.1) is 6.04 Å². The third-order valence-electron chi connectivity index (χ3n) is 3.08. The second-order valence-electron chi connectivity index (χ2n) is 4.68. The molecule has 1 aliphatic heterocycles. The molecular weight excluding hydrogens is 244 g/mol. The molecular formula is C14H20N2OS. The van der Waals surface area contributed by atoms with E-state index in [9.17, 15) is 0 Å². The highest BCUT2D eigenvalue weighted by Gasteiger charge is 2.27. The van der Waals surface area contributed by atoms with Gasteiger partial charge in [0, 0.05) is 10.6 Å². The van der Waals surface area contributed by atoms with E-state index in [0.717, 1.165) is 24.3 Å². The second-order valence-corrected chi connectivity index (χ2v) is 5.74. The molecule has 3 nitrogen and oxygen atoms in total. The minimum absolute atomic E-state index is 0.120. The summed E-state index contributed by atoms with van der Waals surface area (Å²) in [5, 5.41) is 0. The molecule has 4 heteroatoms. The van der Waals surface area contributed by atoms with Gasteiger partial charge >= 0.3 is 0 Å². The van der Waals surface area contributed by atoms with Crippen molar-refractivity contribution in [3.05, 3.63) is 36.4 Å². The average molecular weight is 264 g/mol. The monoisotopic (exact) mass is 264 g/mol. The van der Waals surface area contributed by atoms with Crippen LogP contribution in [-0.4, -0.2) is 17.9 Å². The van der Waals surface area contributed by atoms with Gasteiger partial charge in [0.15, 0.2) is 0 Å². The molecule has 0 aliphatic carbocycles. The van der Waals surface area contributed by atoms with Crippen molar-refractivity contribution in [2.45, 2.75) is 36.8 Å². The van der Waals surface area contributed by atoms with Crippen LogP contribution in [0.25, 0.3) is 0 Å². The van der Waals surface area contributed by atoms with Gasteiger partial charge in [-0.3, -0.25) is 11.3 Å². The van der Waals surface area contributed by atoms with E-state index in [1.54, 1.807) is 0 Å². The second kappa shape index (κ2) is 6.27. The standard InChI is InChI=1S/C14H20N2OS/c1-10(2)7-8-11(16-15)13-9-18-14-6-4-3-5-12(14)17-13/h3-6,11,13,16H,1,7-9,15H2,2H3. The van der Waals surface area contributed by atoms with Crippen molar-refractivity contribution in [3.63, 3.8) is 0 Å². The van der Waals surface area contributed by atoms with E-state index in [1.807, 2.05) is 36.9 Å². The highest BCUT2D eigenvalue weighted by Crippen LogP contribution is 2.36. The maximum Gasteiger partial charge on any atom is 0.133 e. The Hall–Kier alpha value is -0.970. The minimum atomic E-state index is 0.120. The maximum atomic E-state index is 6.02. The lowest BCUT2D eigenvalue weighted by atomic mass is 10.0. The average Bonchev–Trinajstić information content (AvgIpc) is 2.39. The number of benzene rings is 1. The van der Waals surface area contributed by atoms with Gasteiger partial charge in [0.25, 0.3) is 0 Å². The molecule has 0 bridgehead atoms. The summed E-state index contributed by atoms with van der Waals surface area (Å²) in [7, 11) is 0. The summed E-state index contributed by atoms with van der Waals surface area (Å²) in [6.45, 7) is 5.97. The predicted octanol–water partition coefficient (Wildman–Crippen LogP) is 2.73. The Morgan fingerprint density at radius 1 is 1.61 bits per heavy atom. The molecule has 1 aliphatic rings. The van der Waals surface area contributed by atoms with E-state index in [1.165, 1.54) is 10.5 Å². The van der Waals surface area contributed by atoms with E-state index in [2.05, 4.69) is 18.1 Å². The van der Waals surface area contributed by atoms with Gasteiger partial charge in [-0.2, -0.15) is 0 Å². The molecule has 98 valence electrons. The van der Waals surface area contributed by atoms with Crippen molar-refractivity contribution >= 4 is 11.8 Å². The van der Waals surface area contributed by atoms with E-state index in [0.29, 0.717) is 0 Å². The first-order valence-electron chi connectivity index (χ1n) is 6.19. The first-order chi connectivity index (χ1) is 8.70. The number of nitrogens with two attached hydrogens (primary N) is 1. The summed E-state index contributed by atoms with van der Waals surface area (Å²) in [5.41, 5.74) is 4.06. The highest BCUT2D eigenvalue weighted by atomic mass is 32.2. The predicted molar refractivity (Wildman–Crippen MR) is 76.7 cm³/mol. The van der Waals surface area contributed by atoms with E-state index < -0.39 is 0 Å². The van der Waals surface area contributed by atoms with E-state index >= 15 is 0 Å². The third kappa shape index (κ3) is 3.28. The number of ether oxygens (including phenoxy) is 1. The fourth-order valence-electron chi connectivity index (χ4n) is 2.01. The van der Waals surface area contributed by atoms with Crippen LogP contribution >= 0.6 is 11.8 Å². The molecule has 1 aromatic carbocycles. The number of hydrogen-bond acceptors (Lipinski definition) is 4. The zero-order chi connectivity index (χ0) is 13.0. The molecule has 2 unspecified atom stereocenters. The molecule has 18 heavy (non-hydrogen) atoms. The van der Waals surface area contributed by atoms with Gasteiger partial charge in [-0.1, -0.05) is 17.7 Å². The summed E-state index contributed by atoms with van der Waals surface area (Å²) < 4.78 is 6.02. The maximum absolute atomic E-state index is 6.02. The lowest BCUT2D eigenvalue weighted by molar-refractivity contribution is 0.161. The minimum Gasteiger partial charge on any atom is -0.487 e. The molecule has 0 saturated heterocycles. The number of fused-ring (bicyclic) bond motifs is 1. The Bertz CT molecular complexity index is 422. The van der Waals surface area contributed by atoms with Crippen molar-refractivity contribution in [1.82, 2.24) is 5.43 Å². The number of allylic oxidation sites excluding steroid dienone is 1. The van der Waals surface area contributed by atoms with Crippen LogP contribution in [0.4, 0.5) is 0 Å². The van der Waals surface area contributed by atoms with E-state index in [-0.39, 0.29) is 12.1 Å². The molecule has 0 saturated carbocycles. The van der Waals surface area contributed by atoms with Crippen LogP contribution in [0, 0.1) is 0 Å². The van der Waals surface area contributed by atoms with Crippen molar-refractivity contribution < 1.29 is 4.74 Å². The topological polar surface area (TPSA) is 47.3 Å². The zero-order valence-electron chi connectivity index (χ0n) is 10.7. The van der Waals surface area contributed by atoms with Crippen molar-refractivity contribution in [1.29, 1.82) is 0 Å². The molecule has 0 radical (unpaired) electrons. The molecule has 2 rings (SSSR count). The summed E-state index contributed by atoms with van der Waals surface area (Å²) >= 11 is 1.83. The van der Waals surface area contributed by atoms with Gasteiger partial charge in [0.1, 0.15) is 11.9 Å². The quantitative estimate of drug-likeness (QED) is 0.488. The molecule has 0 fully saturated rings. The third-order valence-corrected chi connectivity index (χ3v) is 4.22. The van der Waals surface area contributed by atoms with Gasteiger partial charge in [0.2, 0.25) is 0 Å². The first-order valence-corrected chi connectivity index (χ1v) is 7.18. The number of nitrogens with one attached hydrogen (secondary N) is 1. The van der Waals surface area contributed by atoms with E-state index in [4.69, 9.17) is 10.6 Å². The molecule has 3 N–H and O–H groups in total. The Balaban J connectivity index is 2.00. The normalized spacial score (nSPS) is 19.8. The number of hydrazine groups is 1. The Morgan fingerprint density at radius 2 is 2.39 bits per heavy atom. The van der Waals surface area contributed by atoms with Crippen LogP contribution in [0.3, 0.4) is 0 Å². The fraction of sp³-hybridized carbons (Fsp3) is 0.429. The van der Waals surface area contributed by atoms with Crippen molar-refractivity contribution in [3.8, 4) is 5.75 Å². The largest absolute Gasteiger partial charge is 0.487 e. The first kappa shape index (κ1) is 13.5. The summed E-state index contributed by atoms with van der Waals surface area (Å²) in [6, 6.07) is 8.31. The molecule has 0 amide bonds. The summed E-state index contributed by atoms with van der Waals surface area (Å²) in [6.07, 6.45) is 2.05. The van der Waals surface area contributed by atoms with Crippen LogP contribution in [0.15, 0.2) is 41.3 Å². The molecule has 1 aromatic rings. The van der Waals surface area contributed by atoms with Crippen LogP contribution in [0.5, 0.6) is 5.75 Å². The highest BCUT2D eigenvalue weighted by molar-refractivity contribution is 7.99. The SMILES string of the molecule is C=C(C)CCC(NN)C1CSc2ccccc2O1. The van der Waals surface area contributed by atoms with Crippen LogP contribution in [0.2, 0.25) is 0 Å². The lowest BCUT2D eigenvalue weighted by Crippen LogP contribution is -2.48. The smallest absolute Gasteiger partial charge is 0.133 e. The number of hydrogen-bond donors (Lipinski definition) is 2. The molecule has 1 heterocycles.